The van der Waals surface area contributed by atoms with Gasteiger partial charge in [-0.2, -0.15) is 0 Å². The molecule has 14 heavy (non-hydrogen) atoms. The summed E-state index contributed by atoms with van der Waals surface area (Å²) in [6.45, 7) is 7.44. The lowest BCUT2D eigenvalue weighted by atomic mass is 9.64. The lowest BCUT2D eigenvalue weighted by molar-refractivity contribution is 0.0914. The van der Waals surface area contributed by atoms with Crippen molar-refractivity contribution in [1.82, 2.24) is 0 Å². The van der Waals surface area contributed by atoms with Crippen LogP contribution in [0.1, 0.15) is 59.3 Å². The highest BCUT2D eigenvalue weighted by Gasteiger charge is 2.34. The van der Waals surface area contributed by atoms with E-state index in [4.69, 9.17) is 0 Å². The van der Waals surface area contributed by atoms with Crippen LogP contribution in [0, 0.1) is 29.6 Å². The molecule has 5 unspecified atom stereocenters. The summed E-state index contributed by atoms with van der Waals surface area (Å²) in [6, 6.07) is 0. The molecule has 0 N–H and O–H groups in total. The second-order valence-electron chi connectivity index (χ2n) is 6.21. The molecule has 0 heterocycles. The van der Waals surface area contributed by atoms with E-state index in [2.05, 4.69) is 20.8 Å². The molecule has 2 rings (SSSR count). The predicted molar refractivity (Wildman–Crippen MR) is 62.2 cm³/mol. The summed E-state index contributed by atoms with van der Waals surface area (Å²) in [5, 5.41) is 0. The first-order valence-corrected chi connectivity index (χ1v) is 6.66. The third-order valence-electron chi connectivity index (χ3n) is 4.99. The molecule has 2 fully saturated rings. The van der Waals surface area contributed by atoms with Gasteiger partial charge >= 0.3 is 0 Å². The van der Waals surface area contributed by atoms with Gasteiger partial charge in [-0.1, -0.05) is 40.0 Å². The number of hydrogen-bond donors (Lipinski definition) is 0. The van der Waals surface area contributed by atoms with Crippen molar-refractivity contribution in [2.45, 2.75) is 59.3 Å². The lowest BCUT2D eigenvalue weighted by Crippen LogP contribution is -2.31. The summed E-state index contributed by atoms with van der Waals surface area (Å²) in [7, 11) is 0. The van der Waals surface area contributed by atoms with Gasteiger partial charge in [0.25, 0.3) is 0 Å². The maximum atomic E-state index is 2.50. The van der Waals surface area contributed by atoms with E-state index in [-0.39, 0.29) is 0 Å². The molecule has 0 heteroatoms. The lowest BCUT2D eigenvalue weighted by Gasteiger charge is -2.41. The van der Waals surface area contributed by atoms with Crippen LogP contribution in [-0.2, 0) is 0 Å². The predicted octanol–water partition coefficient (Wildman–Crippen LogP) is 4.49. The Balaban J connectivity index is 2.03. The minimum absolute atomic E-state index is 0.990. The van der Waals surface area contributed by atoms with Gasteiger partial charge in [-0.05, 0) is 48.9 Å². The zero-order valence-corrected chi connectivity index (χ0v) is 10.1. The van der Waals surface area contributed by atoms with E-state index in [1.54, 1.807) is 6.42 Å². The molecular formula is C14H26. The number of fused-ring (bicyclic) bond motifs is 2. The summed E-state index contributed by atoms with van der Waals surface area (Å²) in [5.74, 6) is 5.13. The Labute approximate surface area is 89.5 Å². The standard InChI is InChI=1S/C14H26/c1-10-5-4-6-14-9-13(7-10)8-11(2)12(14)3/h10-14H,4-9H2,1-3H3. The molecule has 2 saturated carbocycles. The van der Waals surface area contributed by atoms with Crippen molar-refractivity contribution >= 4 is 0 Å². The van der Waals surface area contributed by atoms with Crippen molar-refractivity contribution in [2.75, 3.05) is 0 Å². The van der Waals surface area contributed by atoms with E-state index < -0.39 is 0 Å². The molecule has 0 radical (unpaired) electrons. The minimum atomic E-state index is 0.990. The Morgan fingerprint density at radius 1 is 0.857 bits per heavy atom. The highest BCUT2D eigenvalue weighted by molar-refractivity contribution is 4.84. The SMILES string of the molecule is CC1CCCC2CC(C1)CC(C)C2C. The smallest absolute Gasteiger partial charge is 0.0383 e. The van der Waals surface area contributed by atoms with Crippen molar-refractivity contribution in [2.24, 2.45) is 29.6 Å². The fraction of sp³-hybridized carbons (Fsp3) is 1.00. The summed E-state index contributed by atoms with van der Waals surface area (Å²) in [5.41, 5.74) is 0. The van der Waals surface area contributed by atoms with Gasteiger partial charge in [0.15, 0.2) is 0 Å². The Kier molecular flexibility index (Phi) is 3.19. The van der Waals surface area contributed by atoms with Gasteiger partial charge < -0.3 is 0 Å². The van der Waals surface area contributed by atoms with Gasteiger partial charge in [0.05, 0.1) is 0 Å². The fourth-order valence-corrected chi connectivity index (χ4v) is 3.93. The van der Waals surface area contributed by atoms with E-state index in [0.717, 1.165) is 29.6 Å². The normalized spacial score (nSPS) is 49.5. The van der Waals surface area contributed by atoms with Crippen LogP contribution < -0.4 is 0 Å². The number of hydrogen-bond acceptors (Lipinski definition) is 0. The van der Waals surface area contributed by atoms with Gasteiger partial charge in [-0.25, -0.2) is 0 Å². The Bertz CT molecular complexity index is 182. The maximum absolute atomic E-state index is 2.50. The topological polar surface area (TPSA) is 0 Å². The molecule has 0 aromatic rings. The van der Waals surface area contributed by atoms with Crippen molar-refractivity contribution in [3.63, 3.8) is 0 Å². The third kappa shape index (κ3) is 2.15. The van der Waals surface area contributed by atoms with Crippen LogP contribution in [0.2, 0.25) is 0 Å². The summed E-state index contributed by atoms with van der Waals surface area (Å²) < 4.78 is 0. The molecule has 2 aliphatic rings. The Hall–Kier alpha value is 0. The van der Waals surface area contributed by atoms with E-state index in [1.807, 2.05) is 0 Å². The third-order valence-corrected chi connectivity index (χ3v) is 4.99. The van der Waals surface area contributed by atoms with Crippen LogP contribution in [0.4, 0.5) is 0 Å². The first-order chi connectivity index (χ1) is 6.66. The largest absolute Gasteiger partial charge is 0.0625 e. The molecule has 0 aromatic heterocycles. The van der Waals surface area contributed by atoms with Crippen molar-refractivity contribution < 1.29 is 0 Å². The van der Waals surface area contributed by atoms with E-state index in [0.29, 0.717) is 0 Å². The summed E-state index contributed by atoms with van der Waals surface area (Å²) in [4.78, 5) is 0. The van der Waals surface area contributed by atoms with Crippen LogP contribution >= 0.6 is 0 Å². The average molecular weight is 194 g/mol. The molecular weight excluding hydrogens is 168 g/mol. The summed E-state index contributed by atoms with van der Waals surface area (Å²) >= 11 is 0. The van der Waals surface area contributed by atoms with Crippen molar-refractivity contribution in [1.29, 1.82) is 0 Å². The average Bonchev–Trinajstić information content (AvgIpc) is 2.09. The maximum Gasteiger partial charge on any atom is -0.0383 e. The molecule has 0 saturated heterocycles. The Morgan fingerprint density at radius 3 is 2.43 bits per heavy atom. The molecule has 0 aliphatic heterocycles. The highest BCUT2D eigenvalue weighted by atomic mass is 14.4. The fourth-order valence-electron chi connectivity index (χ4n) is 3.93. The molecule has 2 aliphatic carbocycles. The first-order valence-electron chi connectivity index (χ1n) is 6.66. The molecule has 5 atom stereocenters. The first kappa shape index (κ1) is 10.5. The zero-order chi connectivity index (χ0) is 10.1. The van der Waals surface area contributed by atoms with Gasteiger partial charge in [0, 0.05) is 0 Å². The van der Waals surface area contributed by atoms with Crippen LogP contribution in [0.3, 0.4) is 0 Å². The van der Waals surface area contributed by atoms with Gasteiger partial charge in [-0.15, -0.1) is 0 Å². The highest BCUT2D eigenvalue weighted by Crippen LogP contribution is 2.44. The van der Waals surface area contributed by atoms with Crippen LogP contribution in [0.5, 0.6) is 0 Å². The minimum Gasteiger partial charge on any atom is -0.0625 e. The van der Waals surface area contributed by atoms with E-state index in [1.165, 1.54) is 32.1 Å². The monoisotopic (exact) mass is 194 g/mol. The second-order valence-corrected chi connectivity index (χ2v) is 6.21. The van der Waals surface area contributed by atoms with Crippen LogP contribution in [-0.4, -0.2) is 0 Å². The molecule has 2 bridgehead atoms. The second kappa shape index (κ2) is 4.24. The molecule has 0 nitrogen and oxygen atoms in total. The summed E-state index contributed by atoms with van der Waals surface area (Å²) in [6.07, 6.45) is 9.10. The van der Waals surface area contributed by atoms with E-state index >= 15 is 0 Å². The Morgan fingerprint density at radius 2 is 1.64 bits per heavy atom. The number of rotatable bonds is 0. The van der Waals surface area contributed by atoms with Crippen molar-refractivity contribution in [3.05, 3.63) is 0 Å². The molecule has 0 amide bonds. The molecule has 0 spiro atoms. The van der Waals surface area contributed by atoms with Crippen molar-refractivity contribution in [3.8, 4) is 0 Å². The molecule has 0 aromatic carbocycles. The van der Waals surface area contributed by atoms with Gasteiger partial charge in [0.1, 0.15) is 0 Å². The van der Waals surface area contributed by atoms with Gasteiger partial charge in [-0.3, -0.25) is 0 Å². The van der Waals surface area contributed by atoms with Crippen LogP contribution in [0.25, 0.3) is 0 Å². The van der Waals surface area contributed by atoms with Gasteiger partial charge in [0.2, 0.25) is 0 Å². The quantitative estimate of drug-likeness (QED) is 0.533. The van der Waals surface area contributed by atoms with E-state index in [9.17, 15) is 0 Å². The zero-order valence-electron chi connectivity index (χ0n) is 10.1. The van der Waals surface area contributed by atoms with Crippen LogP contribution in [0.15, 0.2) is 0 Å². The molecule has 82 valence electrons.